The van der Waals surface area contributed by atoms with Crippen LogP contribution in [-0.4, -0.2) is 78.4 Å². The van der Waals surface area contributed by atoms with Gasteiger partial charge in [-0.1, -0.05) is 12.1 Å². The van der Waals surface area contributed by atoms with E-state index in [1.54, 1.807) is 18.2 Å². The quantitative estimate of drug-likeness (QED) is 0.812. The van der Waals surface area contributed by atoms with Crippen LogP contribution in [-0.2, 0) is 16.0 Å². The Kier molecular flexibility index (Phi) is 6.60. The maximum atomic E-state index is 12.6. The van der Waals surface area contributed by atoms with Crippen LogP contribution in [0.5, 0.6) is 5.75 Å². The van der Waals surface area contributed by atoms with E-state index in [9.17, 15) is 14.7 Å². The predicted octanol–water partition coefficient (Wildman–Crippen LogP) is 2.12. The molecule has 2 heterocycles. The second kappa shape index (κ2) is 8.95. The zero-order valence-electron chi connectivity index (χ0n) is 17.2. The summed E-state index contributed by atoms with van der Waals surface area (Å²) in [5, 5.41) is 9.58. The monoisotopic (exact) mass is 387 g/mol. The minimum atomic E-state index is 0.121. The molecule has 0 aromatic heterocycles. The minimum Gasteiger partial charge on any atom is -0.508 e. The maximum absolute atomic E-state index is 12.6. The van der Waals surface area contributed by atoms with Gasteiger partial charge in [-0.2, -0.15) is 0 Å². The Morgan fingerprint density at radius 3 is 2.64 bits per heavy atom. The lowest BCUT2D eigenvalue weighted by Crippen LogP contribution is -2.52. The fraction of sp³-hybridized carbons (Fsp3) is 0.636. The topological polar surface area (TPSA) is 64.1 Å². The van der Waals surface area contributed by atoms with Crippen LogP contribution >= 0.6 is 0 Å². The van der Waals surface area contributed by atoms with Crippen LogP contribution in [0.15, 0.2) is 24.3 Å². The molecule has 3 rings (SSSR count). The number of hydrogen-bond acceptors (Lipinski definition) is 4. The highest BCUT2D eigenvalue weighted by molar-refractivity contribution is 5.79. The fourth-order valence-electron chi connectivity index (χ4n) is 4.48. The zero-order valence-corrected chi connectivity index (χ0v) is 17.2. The molecule has 0 unspecified atom stereocenters. The molecule has 6 nitrogen and oxygen atoms in total. The lowest BCUT2D eigenvalue weighted by Gasteiger charge is -2.47. The van der Waals surface area contributed by atoms with Crippen molar-refractivity contribution in [2.24, 2.45) is 5.41 Å². The summed E-state index contributed by atoms with van der Waals surface area (Å²) in [5.74, 6) is 0.603. The average Bonchev–Trinajstić information content (AvgIpc) is 2.65. The van der Waals surface area contributed by atoms with E-state index in [1.165, 1.54) is 0 Å². The van der Waals surface area contributed by atoms with Crippen molar-refractivity contribution in [1.29, 1.82) is 0 Å². The summed E-state index contributed by atoms with van der Waals surface area (Å²) < 4.78 is 0. The molecule has 28 heavy (non-hydrogen) atoms. The predicted molar refractivity (Wildman–Crippen MR) is 109 cm³/mol. The van der Waals surface area contributed by atoms with Crippen LogP contribution in [0.1, 0.15) is 37.7 Å². The van der Waals surface area contributed by atoms with Crippen molar-refractivity contribution in [3.8, 4) is 5.75 Å². The van der Waals surface area contributed by atoms with Gasteiger partial charge in [0, 0.05) is 32.6 Å². The molecular weight excluding hydrogens is 354 g/mol. The number of benzene rings is 1. The molecule has 0 bridgehead atoms. The highest BCUT2D eigenvalue weighted by Crippen LogP contribution is 2.40. The summed E-state index contributed by atoms with van der Waals surface area (Å²) in [5.41, 5.74) is 1.02. The first-order valence-electron chi connectivity index (χ1n) is 10.4. The second-order valence-electron chi connectivity index (χ2n) is 8.70. The highest BCUT2D eigenvalue weighted by Gasteiger charge is 2.41. The van der Waals surface area contributed by atoms with E-state index < -0.39 is 0 Å². The molecule has 1 N–H and O–H groups in total. The Balaban J connectivity index is 1.51. The molecule has 1 spiro atoms. The number of nitrogens with zero attached hydrogens (tertiary/aromatic N) is 3. The van der Waals surface area contributed by atoms with E-state index in [0.717, 1.165) is 64.0 Å². The molecule has 0 radical (unpaired) electrons. The molecule has 154 valence electrons. The molecule has 0 atom stereocenters. The van der Waals surface area contributed by atoms with Gasteiger partial charge in [0.1, 0.15) is 5.75 Å². The largest absolute Gasteiger partial charge is 0.508 e. The van der Waals surface area contributed by atoms with Gasteiger partial charge in [0.25, 0.3) is 0 Å². The number of phenols is 1. The number of piperidine rings is 2. The summed E-state index contributed by atoms with van der Waals surface area (Å²) in [7, 11) is 4.12. The van der Waals surface area contributed by atoms with E-state index in [2.05, 4.69) is 23.9 Å². The summed E-state index contributed by atoms with van der Waals surface area (Å²) in [6, 6.07) is 6.92. The number of hydrogen-bond donors (Lipinski definition) is 1. The zero-order chi connectivity index (χ0) is 20.1. The van der Waals surface area contributed by atoms with Crippen LogP contribution in [0.3, 0.4) is 0 Å². The number of phenolic OH excluding ortho intramolecular Hbond substituents is 1. The van der Waals surface area contributed by atoms with Crippen molar-refractivity contribution >= 4 is 11.8 Å². The minimum absolute atomic E-state index is 0.121. The highest BCUT2D eigenvalue weighted by atomic mass is 16.3. The van der Waals surface area contributed by atoms with E-state index in [4.69, 9.17) is 0 Å². The van der Waals surface area contributed by atoms with Crippen LogP contribution < -0.4 is 0 Å². The third kappa shape index (κ3) is 5.25. The Morgan fingerprint density at radius 1 is 1.21 bits per heavy atom. The summed E-state index contributed by atoms with van der Waals surface area (Å²) in [4.78, 5) is 31.1. The van der Waals surface area contributed by atoms with Gasteiger partial charge in [-0.3, -0.25) is 9.59 Å². The molecule has 6 heteroatoms. The smallest absolute Gasteiger partial charge is 0.226 e. The van der Waals surface area contributed by atoms with Gasteiger partial charge in [0.15, 0.2) is 0 Å². The fourth-order valence-corrected chi connectivity index (χ4v) is 4.48. The molecule has 1 aromatic rings. The second-order valence-corrected chi connectivity index (χ2v) is 8.70. The van der Waals surface area contributed by atoms with Gasteiger partial charge in [0.05, 0.1) is 6.42 Å². The Hall–Kier alpha value is -2.08. The molecule has 1 aromatic carbocycles. The molecule has 0 aliphatic carbocycles. The van der Waals surface area contributed by atoms with Gasteiger partial charge in [0.2, 0.25) is 11.8 Å². The van der Waals surface area contributed by atoms with E-state index >= 15 is 0 Å². The number of aromatic hydroxyl groups is 1. The Labute approximate surface area is 168 Å². The number of amides is 2. The van der Waals surface area contributed by atoms with Crippen molar-refractivity contribution < 1.29 is 14.7 Å². The number of rotatable bonds is 6. The van der Waals surface area contributed by atoms with Crippen LogP contribution in [0.4, 0.5) is 0 Å². The molecule has 0 saturated carbocycles. The molecule has 2 aliphatic rings. The number of carbonyl (C=O) groups excluding carboxylic acids is 2. The number of likely N-dealkylation sites (tertiary alicyclic amines) is 2. The van der Waals surface area contributed by atoms with Crippen molar-refractivity contribution in [2.75, 3.05) is 46.8 Å². The van der Waals surface area contributed by atoms with Crippen molar-refractivity contribution in [2.45, 2.75) is 38.5 Å². The van der Waals surface area contributed by atoms with E-state index in [0.29, 0.717) is 12.8 Å². The van der Waals surface area contributed by atoms with Crippen molar-refractivity contribution in [3.63, 3.8) is 0 Å². The SMILES string of the molecule is CN(C)CCCN1CC2(CCC1=O)CCN(C(=O)Cc1cccc(O)c1)CC2. The van der Waals surface area contributed by atoms with Crippen LogP contribution in [0, 0.1) is 5.41 Å². The van der Waals surface area contributed by atoms with Gasteiger partial charge < -0.3 is 19.8 Å². The normalized spacial score (nSPS) is 19.5. The molecule has 2 aliphatic heterocycles. The third-order valence-electron chi connectivity index (χ3n) is 6.22. The Bertz CT molecular complexity index is 696. The van der Waals surface area contributed by atoms with E-state index in [-0.39, 0.29) is 23.0 Å². The molecular formula is C22H33N3O3. The lowest BCUT2D eigenvalue weighted by molar-refractivity contribution is -0.142. The summed E-state index contributed by atoms with van der Waals surface area (Å²) in [6.45, 7) is 4.19. The standard InChI is InChI=1S/C22H33N3O3/c1-23(2)11-4-12-25-17-22(8-7-20(25)27)9-13-24(14-10-22)21(28)16-18-5-3-6-19(26)15-18/h3,5-6,15,26H,4,7-14,16-17H2,1-2H3. The maximum Gasteiger partial charge on any atom is 0.226 e. The van der Waals surface area contributed by atoms with E-state index in [1.807, 2.05) is 11.0 Å². The first-order valence-corrected chi connectivity index (χ1v) is 10.4. The van der Waals surface area contributed by atoms with Gasteiger partial charge in [-0.15, -0.1) is 0 Å². The van der Waals surface area contributed by atoms with Crippen LogP contribution in [0.2, 0.25) is 0 Å². The lowest BCUT2D eigenvalue weighted by atomic mass is 9.72. The van der Waals surface area contributed by atoms with Crippen molar-refractivity contribution in [1.82, 2.24) is 14.7 Å². The average molecular weight is 388 g/mol. The number of carbonyl (C=O) groups is 2. The summed E-state index contributed by atoms with van der Waals surface area (Å²) >= 11 is 0. The van der Waals surface area contributed by atoms with Crippen LogP contribution in [0.25, 0.3) is 0 Å². The first-order chi connectivity index (χ1) is 13.4. The van der Waals surface area contributed by atoms with Crippen molar-refractivity contribution in [3.05, 3.63) is 29.8 Å². The molecule has 2 amide bonds. The third-order valence-corrected chi connectivity index (χ3v) is 6.22. The molecule has 2 fully saturated rings. The van der Waals surface area contributed by atoms with Gasteiger partial charge in [-0.05, 0) is 69.4 Å². The first kappa shape index (κ1) is 20.6. The summed E-state index contributed by atoms with van der Waals surface area (Å²) in [6.07, 6.45) is 4.86. The van der Waals surface area contributed by atoms with Gasteiger partial charge >= 0.3 is 0 Å². The molecule has 2 saturated heterocycles. The Morgan fingerprint density at radius 2 is 1.96 bits per heavy atom. The van der Waals surface area contributed by atoms with Gasteiger partial charge in [-0.25, -0.2) is 0 Å².